The van der Waals surface area contributed by atoms with E-state index in [4.69, 9.17) is 26.4 Å². The molecular formula is C34H42N4O2. The lowest BCUT2D eigenvalue weighted by Crippen LogP contribution is -1.99. The van der Waals surface area contributed by atoms with Crippen LogP contribution in [0.2, 0.25) is 0 Å². The van der Waals surface area contributed by atoms with Gasteiger partial charge >= 0.3 is 0 Å². The Labute approximate surface area is 239 Å². The van der Waals surface area contributed by atoms with E-state index in [-0.39, 0.29) is 0 Å². The van der Waals surface area contributed by atoms with Gasteiger partial charge in [0.05, 0.1) is 13.2 Å². The van der Waals surface area contributed by atoms with Crippen LogP contribution in [0, 0.1) is 12.3 Å². The Bertz CT molecular complexity index is 1200. The Morgan fingerprint density at radius 3 is 1.77 bits per heavy atom. The molecule has 0 saturated heterocycles. The minimum absolute atomic E-state index is 0.586. The summed E-state index contributed by atoms with van der Waals surface area (Å²) in [6.45, 7) is 1.97. The van der Waals surface area contributed by atoms with Gasteiger partial charge in [-0.15, -0.1) is 12.3 Å². The largest absolute Gasteiger partial charge is 0.494 e. The molecule has 0 aliphatic heterocycles. The molecule has 0 radical (unpaired) electrons. The zero-order valence-corrected chi connectivity index (χ0v) is 23.6. The quantitative estimate of drug-likeness (QED) is 0.0476. The molecule has 0 saturated carbocycles. The van der Waals surface area contributed by atoms with Gasteiger partial charge in [-0.25, -0.2) is 0 Å². The zero-order valence-electron chi connectivity index (χ0n) is 23.6. The molecule has 0 bridgehead atoms. The van der Waals surface area contributed by atoms with Gasteiger partial charge in [-0.2, -0.15) is 0 Å². The third kappa shape index (κ3) is 12.7. The Hall–Kier alpha value is -3.94. The number of hydrogen-bond donors (Lipinski definition) is 0. The summed E-state index contributed by atoms with van der Waals surface area (Å²) in [6, 6.07) is 23.3. The van der Waals surface area contributed by atoms with Gasteiger partial charge in [0.25, 0.3) is 0 Å². The number of benzene rings is 2. The molecule has 0 aliphatic carbocycles. The van der Waals surface area contributed by atoms with E-state index in [2.05, 4.69) is 70.5 Å². The van der Waals surface area contributed by atoms with E-state index in [0.29, 0.717) is 13.2 Å². The van der Waals surface area contributed by atoms with Crippen LogP contribution in [0.1, 0.15) is 73.9 Å². The van der Waals surface area contributed by atoms with Crippen molar-refractivity contribution in [3.05, 3.63) is 99.7 Å². The summed E-state index contributed by atoms with van der Waals surface area (Å²) in [5.41, 5.74) is 13.3. The number of hydrogen-bond acceptors (Lipinski definition) is 4. The SMILES string of the molecule is C#CCCCOc1ccc(CCCc2cccc(CCCc3ccc(OCCCCCCN=[N+]=[N-])cc3)n2)cc1. The molecule has 2 aromatic carbocycles. The lowest BCUT2D eigenvalue weighted by atomic mass is 10.0. The van der Waals surface area contributed by atoms with Gasteiger partial charge in [0.15, 0.2) is 0 Å². The van der Waals surface area contributed by atoms with Crippen LogP contribution < -0.4 is 9.47 Å². The minimum Gasteiger partial charge on any atom is -0.494 e. The van der Waals surface area contributed by atoms with Gasteiger partial charge in [-0.05, 0) is 111 Å². The standard InChI is InChI=1S/C34H42N4O2/c1-2-3-7-27-39-33-22-18-29(19-23-33)12-9-14-31-16-11-17-32(37-31)15-10-13-30-20-24-34(25-21-30)40-28-8-5-4-6-26-36-38-35/h1,11,16-25H,3-10,12-15,26-28H2. The number of terminal acetylenes is 1. The van der Waals surface area contributed by atoms with Gasteiger partial charge in [0.2, 0.25) is 0 Å². The molecule has 3 aromatic rings. The molecule has 40 heavy (non-hydrogen) atoms. The van der Waals surface area contributed by atoms with Crippen LogP contribution in [0.5, 0.6) is 11.5 Å². The van der Waals surface area contributed by atoms with Crippen molar-refractivity contribution in [1.82, 2.24) is 4.98 Å². The molecule has 0 unspecified atom stereocenters. The molecule has 0 spiro atoms. The number of azide groups is 1. The summed E-state index contributed by atoms with van der Waals surface area (Å²) in [5.74, 6) is 4.47. The predicted molar refractivity (Wildman–Crippen MR) is 163 cm³/mol. The van der Waals surface area contributed by atoms with Crippen LogP contribution in [0.4, 0.5) is 0 Å². The summed E-state index contributed by atoms with van der Waals surface area (Å²) >= 11 is 0. The summed E-state index contributed by atoms with van der Waals surface area (Å²) in [5, 5.41) is 3.56. The molecule has 210 valence electrons. The van der Waals surface area contributed by atoms with Gasteiger partial charge in [-0.3, -0.25) is 4.98 Å². The zero-order chi connectivity index (χ0) is 28.1. The van der Waals surface area contributed by atoms with E-state index < -0.39 is 0 Å². The Kier molecular flexibility index (Phi) is 14.7. The van der Waals surface area contributed by atoms with Gasteiger partial charge in [-0.1, -0.05) is 48.3 Å². The number of ether oxygens (including phenoxy) is 2. The molecular weight excluding hydrogens is 496 g/mol. The van der Waals surface area contributed by atoms with Gasteiger partial charge < -0.3 is 9.47 Å². The fourth-order valence-electron chi connectivity index (χ4n) is 4.50. The second kappa shape index (κ2) is 19.2. The molecule has 1 aromatic heterocycles. The van der Waals surface area contributed by atoms with E-state index in [1.165, 1.54) is 22.5 Å². The first-order valence-electron chi connectivity index (χ1n) is 14.6. The highest BCUT2D eigenvalue weighted by atomic mass is 16.5. The van der Waals surface area contributed by atoms with Crippen molar-refractivity contribution >= 4 is 0 Å². The molecule has 6 heteroatoms. The number of aromatic nitrogens is 1. The summed E-state index contributed by atoms with van der Waals surface area (Å²) in [4.78, 5) is 7.68. The predicted octanol–water partition coefficient (Wildman–Crippen LogP) is 8.47. The Morgan fingerprint density at radius 1 is 0.675 bits per heavy atom. The number of nitrogens with zero attached hydrogens (tertiary/aromatic N) is 4. The minimum atomic E-state index is 0.586. The molecule has 0 atom stereocenters. The van der Waals surface area contributed by atoms with E-state index in [9.17, 15) is 0 Å². The van der Waals surface area contributed by atoms with E-state index in [0.717, 1.165) is 95.2 Å². The Morgan fingerprint density at radius 2 is 1.23 bits per heavy atom. The molecule has 0 fully saturated rings. The first kappa shape index (κ1) is 30.6. The van der Waals surface area contributed by atoms with E-state index in [1.807, 2.05) is 12.1 Å². The number of unbranched alkanes of at least 4 members (excludes halogenated alkanes) is 4. The summed E-state index contributed by atoms with van der Waals surface area (Å²) in [7, 11) is 0. The maximum absolute atomic E-state index is 8.28. The summed E-state index contributed by atoms with van der Waals surface area (Å²) in [6.07, 6.45) is 17.2. The van der Waals surface area contributed by atoms with Crippen molar-refractivity contribution in [2.45, 2.75) is 77.0 Å². The van der Waals surface area contributed by atoms with Crippen LogP contribution in [0.25, 0.3) is 10.4 Å². The van der Waals surface area contributed by atoms with Crippen molar-refractivity contribution in [3.8, 4) is 23.8 Å². The number of aryl methyl sites for hydroxylation is 4. The highest BCUT2D eigenvalue weighted by molar-refractivity contribution is 5.28. The lowest BCUT2D eigenvalue weighted by molar-refractivity contribution is 0.304. The lowest BCUT2D eigenvalue weighted by Gasteiger charge is -2.08. The first-order chi connectivity index (χ1) is 19.8. The van der Waals surface area contributed by atoms with E-state index >= 15 is 0 Å². The van der Waals surface area contributed by atoms with Crippen molar-refractivity contribution < 1.29 is 9.47 Å². The van der Waals surface area contributed by atoms with Crippen LogP contribution in [-0.4, -0.2) is 24.7 Å². The number of rotatable bonds is 20. The third-order valence-corrected chi connectivity index (χ3v) is 6.73. The molecule has 0 aliphatic rings. The second-order valence-corrected chi connectivity index (χ2v) is 9.99. The fourth-order valence-corrected chi connectivity index (χ4v) is 4.50. The highest BCUT2D eigenvalue weighted by Crippen LogP contribution is 2.17. The normalized spacial score (nSPS) is 10.5. The topological polar surface area (TPSA) is 80.1 Å². The van der Waals surface area contributed by atoms with Crippen LogP contribution >= 0.6 is 0 Å². The summed E-state index contributed by atoms with van der Waals surface area (Å²) < 4.78 is 11.6. The van der Waals surface area contributed by atoms with Crippen molar-refractivity contribution in [2.75, 3.05) is 19.8 Å². The second-order valence-electron chi connectivity index (χ2n) is 9.99. The van der Waals surface area contributed by atoms with Crippen molar-refractivity contribution in [2.24, 2.45) is 5.11 Å². The average Bonchev–Trinajstić information content (AvgIpc) is 2.98. The highest BCUT2D eigenvalue weighted by Gasteiger charge is 2.03. The van der Waals surface area contributed by atoms with Crippen molar-refractivity contribution in [1.29, 1.82) is 0 Å². The monoisotopic (exact) mass is 538 g/mol. The molecule has 6 nitrogen and oxygen atoms in total. The third-order valence-electron chi connectivity index (χ3n) is 6.73. The molecule has 0 N–H and O–H groups in total. The first-order valence-corrected chi connectivity index (χ1v) is 14.6. The smallest absolute Gasteiger partial charge is 0.119 e. The fraction of sp³-hybridized carbons (Fsp3) is 0.441. The maximum atomic E-state index is 8.28. The van der Waals surface area contributed by atoms with Gasteiger partial charge in [0, 0.05) is 29.3 Å². The van der Waals surface area contributed by atoms with Gasteiger partial charge in [0.1, 0.15) is 11.5 Å². The average molecular weight is 539 g/mol. The van der Waals surface area contributed by atoms with E-state index in [1.54, 1.807) is 0 Å². The van der Waals surface area contributed by atoms with Crippen LogP contribution in [0.3, 0.4) is 0 Å². The molecule has 3 rings (SSSR count). The van der Waals surface area contributed by atoms with Crippen LogP contribution in [0.15, 0.2) is 71.8 Å². The maximum Gasteiger partial charge on any atom is 0.119 e. The number of pyridine rings is 1. The van der Waals surface area contributed by atoms with Crippen LogP contribution in [-0.2, 0) is 25.7 Å². The Balaban J connectivity index is 1.29. The molecule has 1 heterocycles. The van der Waals surface area contributed by atoms with Crippen molar-refractivity contribution in [3.63, 3.8) is 0 Å². The molecule has 0 amide bonds.